The average Bonchev–Trinajstić information content (AvgIpc) is 3.19. The van der Waals surface area contributed by atoms with E-state index in [1.807, 2.05) is 0 Å². The van der Waals surface area contributed by atoms with Gasteiger partial charge in [0.1, 0.15) is 6.29 Å². The van der Waals surface area contributed by atoms with Gasteiger partial charge in [-0.15, -0.1) is 0 Å². The van der Waals surface area contributed by atoms with Gasteiger partial charge in [-0.3, -0.25) is 0 Å². The third kappa shape index (κ3) is 7.67. The van der Waals surface area contributed by atoms with Gasteiger partial charge in [0.25, 0.3) is 0 Å². The van der Waals surface area contributed by atoms with E-state index in [0.29, 0.717) is 23.7 Å². The zero-order valence-electron chi connectivity index (χ0n) is 28.9. The minimum Gasteiger partial charge on any atom is -0.413 e. The second kappa shape index (κ2) is 12.7. The molecule has 3 rings (SSSR count). The van der Waals surface area contributed by atoms with Crippen LogP contribution in [0.15, 0.2) is 35.5 Å². The van der Waals surface area contributed by atoms with Crippen LogP contribution in [-0.4, -0.2) is 35.1 Å². The summed E-state index contributed by atoms with van der Waals surface area (Å²) in [5.74, 6) is 2.00. The molecule has 0 spiro atoms. The lowest BCUT2D eigenvalue weighted by atomic mass is 9.61. The van der Waals surface area contributed by atoms with Gasteiger partial charge in [0.15, 0.2) is 16.6 Å². The molecule has 0 unspecified atom stereocenters. The molecule has 0 radical (unpaired) electrons. The summed E-state index contributed by atoms with van der Waals surface area (Å²) >= 11 is 0. The molecule has 3 fully saturated rings. The Hall–Kier alpha value is -0.756. The maximum absolute atomic E-state index is 11.1. The molecule has 0 bridgehead atoms. The van der Waals surface area contributed by atoms with Crippen molar-refractivity contribution in [3.05, 3.63) is 35.5 Å². The minimum absolute atomic E-state index is 0.0233. The molecule has 0 aromatic heterocycles. The molecule has 3 aliphatic carbocycles. The predicted molar refractivity (Wildman–Crippen MR) is 181 cm³/mol. The Morgan fingerprint density at radius 3 is 2.20 bits per heavy atom. The van der Waals surface area contributed by atoms with Crippen molar-refractivity contribution in [1.29, 1.82) is 0 Å². The largest absolute Gasteiger partial charge is 0.413 e. The molecule has 0 aromatic carbocycles. The Kier molecular flexibility index (Phi) is 10.8. The summed E-state index contributed by atoms with van der Waals surface area (Å²) in [5, 5.41) is 0.332. The molecule has 0 amide bonds. The van der Waals surface area contributed by atoms with Gasteiger partial charge in [0, 0.05) is 12.8 Å². The van der Waals surface area contributed by atoms with Crippen LogP contribution < -0.4 is 0 Å². The fourth-order valence-corrected chi connectivity index (χ4v) is 10.2. The molecule has 3 saturated carbocycles. The second-order valence-electron chi connectivity index (χ2n) is 17.1. The van der Waals surface area contributed by atoms with Crippen molar-refractivity contribution < 1.29 is 13.6 Å². The number of allylic oxidation sites excluding steroid dienone is 3. The van der Waals surface area contributed by atoms with Crippen molar-refractivity contribution in [3.8, 4) is 0 Å². The highest BCUT2D eigenvalue weighted by Gasteiger charge is 2.50. The number of rotatable bonds is 9. The van der Waals surface area contributed by atoms with Gasteiger partial charge in [-0.25, -0.2) is 0 Å². The van der Waals surface area contributed by atoms with Crippen LogP contribution in [0.1, 0.15) is 113 Å². The highest BCUT2D eigenvalue weighted by Crippen LogP contribution is 2.60. The van der Waals surface area contributed by atoms with Gasteiger partial charge in [0.05, 0.1) is 12.2 Å². The lowest BCUT2D eigenvalue weighted by Crippen LogP contribution is -2.49. The molecular weight excluding hydrogens is 537 g/mol. The van der Waals surface area contributed by atoms with Crippen LogP contribution >= 0.6 is 0 Å². The maximum Gasteiger partial charge on any atom is 0.192 e. The smallest absolute Gasteiger partial charge is 0.192 e. The first-order valence-electron chi connectivity index (χ1n) is 16.6. The molecule has 3 nitrogen and oxygen atoms in total. The molecular formula is C36H64O3Si2. The number of carbonyl (C=O) groups is 1. The first-order chi connectivity index (χ1) is 18.7. The Morgan fingerprint density at radius 2 is 1.61 bits per heavy atom. The highest BCUT2D eigenvalue weighted by atomic mass is 28.4. The summed E-state index contributed by atoms with van der Waals surface area (Å²) in [6.07, 6.45) is 16.2. The molecule has 3 aliphatic rings. The monoisotopic (exact) mass is 600 g/mol. The van der Waals surface area contributed by atoms with E-state index in [1.54, 1.807) is 5.57 Å². The van der Waals surface area contributed by atoms with E-state index in [1.165, 1.54) is 43.3 Å². The molecule has 0 heterocycles. The summed E-state index contributed by atoms with van der Waals surface area (Å²) in [6, 6.07) is 0. The summed E-state index contributed by atoms with van der Waals surface area (Å²) < 4.78 is 14.1. The molecule has 6 atom stereocenters. The summed E-state index contributed by atoms with van der Waals surface area (Å²) in [4.78, 5) is 11.1. The van der Waals surface area contributed by atoms with E-state index < -0.39 is 16.6 Å². The van der Waals surface area contributed by atoms with Crippen molar-refractivity contribution in [2.45, 2.75) is 162 Å². The normalized spacial score (nSPS) is 32.8. The van der Waals surface area contributed by atoms with Crippen molar-refractivity contribution in [2.24, 2.45) is 23.2 Å². The first-order valence-corrected chi connectivity index (χ1v) is 22.4. The second-order valence-corrected chi connectivity index (χ2v) is 26.6. The number of hydrogen-bond acceptors (Lipinski definition) is 3. The number of aldehydes is 1. The molecule has 0 N–H and O–H groups in total. The Bertz CT molecular complexity index is 1010. The van der Waals surface area contributed by atoms with Gasteiger partial charge in [0.2, 0.25) is 0 Å². The predicted octanol–water partition coefficient (Wildman–Crippen LogP) is 10.8. The van der Waals surface area contributed by atoms with Gasteiger partial charge >= 0.3 is 0 Å². The topological polar surface area (TPSA) is 35.5 Å². The number of hydrogen-bond donors (Lipinski definition) is 0. The van der Waals surface area contributed by atoms with Crippen molar-refractivity contribution in [2.75, 3.05) is 0 Å². The van der Waals surface area contributed by atoms with E-state index in [0.717, 1.165) is 31.5 Å². The maximum atomic E-state index is 11.1. The average molecular weight is 601 g/mol. The highest BCUT2D eigenvalue weighted by molar-refractivity contribution is 6.74. The van der Waals surface area contributed by atoms with Crippen LogP contribution in [0.2, 0.25) is 36.3 Å². The Labute approximate surface area is 256 Å². The summed E-state index contributed by atoms with van der Waals surface area (Å²) in [5.41, 5.74) is 4.50. The van der Waals surface area contributed by atoms with Gasteiger partial charge in [-0.2, -0.15) is 0 Å². The van der Waals surface area contributed by atoms with Crippen LogP contribution in [0.25, 0.3) is 0 Å². The van der Waals surface area contributed by atoms with Gasteiger partial charge in [-0.05, 0) is 116 Å². The Balaban J connectivity index is 1.91. The van der Waals surface area contributed by atoms with E-state index in [2.05, 4.69) is 100 Å². The van der Waals surface area contributed by atoms with E-state index in [4.69, 9.17) is 8.85 Å². The SMILES string of the molecule is C=C1C(=CC=C2CCC[C@]3(C)[C@@H]([C@H](C)CCC=O)CC[C@@H]23)C[C@@H](O[Si](C)(C)C(C)(C)C)C[C@@H]1O[Si](C)(C)C(C)(C)C. The molecule has 0 aliphatic heterocycles. The molecule has 0 aromatic rings. The minimum atomic E-state index is -1.97. The van der Waals surface area contributed by atoms with Crippen LogP contribution in [0.4, 0.5) is 0 Å². The standard InChI is InChI=1S/C36H64O3Si2/c1-26(16-15-23-37)31-20-21-32-28(17-14-22-36(31,32)9)18-19-29-24-30(38-40(10,11)34(3,4)5)25-33(27(29)2)39-41(12,13)35(6,7)8/h18-19,23,26,30-33H,2,14-17,20-22,24-25H2,1,3-13H3/t26-,30-,31-,32+,33+,36-/m1/s1. The van der Waals surface area contributed by atoms with Crippen LogP contribution in [0, 0.1) is 23.2 Å². The van der Waals surface area contributed by atoms with Gasteiger partial charge < -0.3 is 13.6 Å². The first kappa shape index (κ1) is 34.7. The molecule has 0 saturated heterocycles. The van der Waals surface area contributed by atoms with Gasteiger partial charge in [-0.1, -0.05) is 79.7 Å². The summed E-state index contributed by atoms with van der Waals surface area (Å²) in [7, 11) is -3.89. The number of carbonyl (C=O) groups excluding carboxylic acids is 1. The van der Waals surface area contributed by atoms with Crippen LogP contribution in [0.3, 0.4) is 0 Å². The third-order valence-corrected chi connectivity index (χ3v) is 21.2. The lowest BCUT2D eigenvalue weighted by molar-refractivity contribution is -0.108. The van der Waals surface area contributed by atoms with Crippen LogP contribution in [0.5, 0.6) is 0 Å². The van der Waals surface area contributed by atoms with Crippen molar-refractivity contribution >= 4 is 22.9 Å². The number of fused-ring (bicyclic) bond motifs is 1. The van der Waals surface area contributed by atoms with E-state index in [-0.39, 0.29) is 22.3 Å². The fourth-order valence-electron chi connectivity index (χ4n) is 7.51. The summed E-state index contributed by atoms with van der Waals surface area (Å²) in [6.45, 7) is 33.0. The quantitative estimate of drug-likeness (QED) is 0.195. The molecule has 234 valence electrons. The van der Waals surface area contributed by atoms with E-state index in [9.17, 15) is 4.79 Å². The molecule has 41 heavy (non-hydrogen) atoms. The fraction of sp³-hybridized carbons (Fsp3) is 0.806. The zero-order valence-corrected chi connectivity index (χ0v) is 30.9. The lowest BCUT2D eigenvalue weighted by Gasteiger charge is -2.46. The molecule has 5 heteroatoms. The van der Waals surface area contributed by atoms with Crippen LogP contribution in [-0.2, 0) is 13.6 Å². The zero-order chi connectivity index (χ0) is 31.0. The third-order valence-electron chi connectivity index (χ3n) is 12.2. The van der Waals surface area contributed by atoms with Crippen molar-refractivity contribution in [1.82, 2.24) is 0 Å². The van der Waals surface area contributed by atoms with Crippen molar-refractivity contribution in [3.63, 3.8) is 0 Å². The van der Waals surface area contributed by atoms with E-state index >= 15 is 0 Å². The Morgan fingerprint density at radius 1 is 1.00 bits per heavy atom.